The molecule has 6 heteroatoms. The van der Waals surface area contributed by atoms with Crippen LogP contribution in [0.3, 0.4) is 0 Å². The van der Waals surface area contributed by atoms with Crippen LogP contribution in [-0.4, -0.2) is 24.7 Å². The molecule has 0 aliphatic heterocycles. The summed E-state index contributed by atoms with van der Waals surface area (Å²) in [5.41, 5.74) is 0. The van der Waals surface area contributed by atoms with Gasteiger partial charge in [0.15, 0.2) is 0 Å². The minimum atomic E-state index is 0. The fourth-order valence-corrected chi connectivity index (χ4v) is 0. The van der Waals surface area contributed by atoms with E-state index in [1.54, 1.807) is 0 Å². The van der Waals surface area contributed by atoms with E-state index in [-0.39, 0.29) is 74.4 Å². The van der Waals surface area contributed by atoms with E-state index in [0.717, 1.165) is 0 Å². The topological polar surface area (TPSA) is 17.1 Å². The second-order valence-electron chi connectivity index (χ2n) is 0. The molecule has 0 aromatic carbocycles. The molecule has 0 rings (SSSR count). The number of rotatable bonds is 0. The molecule has 0 atom stereocenters. The molecule has 0 aliphatic rings. The van der Waals surface area contributed by atoms with E-state index in [1.165, 1.54) is 0 Å². The van der Waals surface area contributed by atoms with Crippen molar-refractivity contribution in [2.45, 2.75) is 0 Å². The van der Waals surface area contributed by atoms with Gasteiger partial charge in [-0.15, -0.1) is 0 Å². The molecule has 0 heterocycles. The van der Waals surface area contributed by atoms with Crippen molar-refractivity contribution in [1.29, 1.82) is 0 Å². The van der Waals surface area contributed by atoms with Gasteiger partial charge in [-0.1, -0.05) is 0 Å². The van der Waals surface area contributed by atoms with Gasteiger partial charge in [-0.2, -0.15) is 0 Å². The zero-order chi connectivity index (χ0) is 2.00. The van der Waals surface area contributed by atoms with Gasteiger partial charge in [-0.25, -0.2) is 0 Å². The second kappa shape index (κ2) is 68.8. The van der Waals surface area contributed by atoms with Crippen molar-refractivity contribution in [2.75, 3.05) is 0 Å². The van der Waals surface area contributed by atoms with Gasteiger partial charge in [-0.05, 0) is 0 Å². The van der Waals surface area contributed by atoms with Gasteiger partial charge in [0.25, 0.3) is 0 Å². The second-order valence-corrected chi connectivity index (χ2v) is 0. The molecule has 0 saturated heterocycles. The van der Waals surface area contributed by atoms with Gasteiger partial charge < -0.3 is 49.6 Å². The molecule has 0 aromatic rings. The van der Waals surface area contributed by atoms with Crippen molar-refractivity contribution < 1.29 is 52.4 Å². The van der Waals surface area contributed by atoms with Crippen LogP contribution in [0.5, 0.6) is 0 Å². The van der Waals surface area contributed by atoms with Crippen molar-refractivity contribution in [3.8, 4) is 0 Å². The normalized spacial score (nSPS) is 0.667. The van der Waals surface area contributed by atoms with Crippen LogP contribution in [0.2, 0.25) is 0 Å². The molecule has 39 valence electrons. The molecule has 0 bridgehead atoms. The van der Waals surface area contributed by atoms with Crippen LogP contribution in [0.4, 0.5) is 0 Å². The van der Waals surface area contributed by atoms with E-state index >= 15 is 0 Å². The summed E-state index contributed by atoms with van der Waals surface area (Å²) < 4.78 is 8.36. The third-order valence-corrected chi connectivity index (χ3v) is 0. The summed E-state index contributed by atoms with van der Waals surface area (Å²) in [7, 11) is 0. The van der Waals surface area contributed by atoms with E-state index in [2.05, 4.69) is 0 Å². The first kappa shape index (κ1) is 45.4. The molecule has 0 aromatic heterocycles. The first-order chi connectivity index (χ1) is 1.00. The van der Waals surface area contributed by atoms with E-state index < -0.39 is 0 Å². The summed E-state index contributed by atoms with van der Waals surface area (Å²) in [5, 5.41) is 0. The zero-order valence-electron chi connectivity index (χ0n) is 2.37. The maximum atomic E-state index is 8.36. The molecular weight excluding hydrogens is 367 g/mol. The van der Waals surface area contributed by atoms with Gasteiger partial charge >= 0.3 is 27.5 Å². The van der Waals surface area contributed by atoms with E-state index in [1.807, 2.05) is 0 Å². The number of halogens is 4. The number of hydrogen-bond donors (Lipinski definition) is 0. The van der Waals surface area contributed by atoms with Crippen molar-refractivity contribution in [3.05, 3.63) is 0 Å². The zero-order valence-corrected chi connectivity index (χ0v) is 8.87. The fraction of sp³-hybridized carbons (Fsp3) is 0. The van der Waals surface area contributed by atoms with Crippen molar-refractivity contribution in [2.24, 2.45) is 0 Å². The average Bonchev–Trinajstić information content (AvgIpc) is 1.00. The SMILES string of the molecule is [Cl-].[Cl-].[Cl-].[Cl-].[O]=[Bi+4]. The van der Waals surface area contributed by atoms with Crippen LogP contribution in [0, 0.1) is 0 Å². The molecule has 0 unspecified atom stereocenters. The quantitative estimate of drug-likeness (QED) is 0.389. The Kier molecular flexibility index (Phi) is 521. The van der Waals surface area contributed by atoms with Crippen LogP contribution >= 0.6 is 0 Å². The minimum absolute atomic E-state index is 0. The summed E-state index contributed by atoms with van der Waals surface area (Å²) in [6, 6.07) is 0. The van der Waals surface area contributed by atoms with Gasteiger partial charge in [0.05, 0.1) is 0 Å². The van der Waals surface area contributed by atoms with E-state index in [0.29, 0.717) is 0 Å². The molecule has 0 N–H and O–H groups in total. The summed E-state index contributed by atoms with van der Waals surface area (Å²) in [4.78, 5) is 0. The Morgan fingerprint density at radius 1 is 0.667 bits per heavy atom. The third-order valence-electron chi connectivity index (χ3n) is 0. The van der Waals surface area contributed by atoms with Gasteiger partial charge in [0, 0.05) is 0 Å². The Morgan fingerprint density at radius 2 is 0.667 bits per heavy atom. The number of hydrogen-bond acceptors (Lipinski definition) is 1. The Labute approximate surface area is 76.6 Å². The Balaban J connectivity index is -0.000000000833. The molecule has 0 aliphatic carbocycles. The molecule has 0 spiro atoms. The third kappa shape index (κ3) is 40.3. The van der Waals surface area contributed by atoms with Crippen LogP contribution in [-0.2, 0) is 2.81 Å². The van der Waals surface area contributed by atoms with Crippen LogP contribution in [0.1, 0.15) is 0 Å². The van der Waals surface area contributed by atoms with Crippen molar-refractivity contribution >= 4 is 24.7 Å². The Bertz CT molecular complexity index is 7.51. The van der Waals surface area contributed by atoms with E-state index in [9.17, 15) is 0 Å². The molecule has 0 amide bonds. The molecule has 1 nitrogen and oxygen atoms in total. The molecule has 0 fully saturated rings. The molecule has 5 radical (unpaired) electrons. The molecule has 0 saturated carbocycles. The average molecular weight is 367 g/mol. The molecule has 6 heavy (non-hydrogen) atoms. The predicted molar refractivity (Wildman–Crippen MR) is 6.44 cm³/mol. The Morgan fingerprint density at radius 3 is 0.667 bits per heavy atom. The van der Waals surface area contributed by atoms with Gasteiger partial charge in [-0.3, -0.25) is 0 Å². The summed E-state index contributed by atoms with van der Waals surface area (Å²) in [6.45, 7) is 0. The van der Waals surface area contributed by atoms with Gasteiger partial charge in [0.2, 0.25) is 0 Å². The standard InChI is InChI=1S/Bi.4ClH.O/h;4*1H;/q+4;;;;;/p-4. The van der Waals surface area contributed by atoms with Crippen LogP contribution in [0.25, 0.3) is 0 Å². The van der Waals surface area contributed by atoms with Crippen LogP contribution < -0.4 is 49.6 Å². The summed E-state index contributed by atoms with van der Waals surface area (Å²) in [5.74, 6) is 0. The fourth-order valence-electron chi connectivity index (χ4n) is 0. The predicted octanol–water partition coefficient (Wildman–Crippen LogP) is -12.5. The first-order valence-corrected chi connectivity index (χ1v) is 1.60. The Hall–Kier alpha value is 1.84. The summed E-state index contributed by atoms with van der Waals surface area (Å²) >= 11 is 0.194. The molecular formula is BiCl4O. The van der Waals surface area contributed by atoms with Crippen molar-refractivity contribution in [1.82, 2.24) is 0 Å². The van der Waals surface area contributed by atoms with E-state index in [4.69, 9.17) is 2.81 Å². The monoisotopic (exact) mass is 365 g/mol. The first-order valence-electron chi connectivity index (χ1n) is 0.183. The maximum absolute atomic E-state index is 8.36. The summed E-state index contributed by atoms with van der Waals surface area (Å²) in [6.07, 6.45) is 0. The van der Waals surface area contributed by atoms with Gasteiger partial charge in [0.1, 0.15) is 0 Å². The van der Waals surface area contributed by atoms with Crippen LogP contribution in [0.15, 0.2) is 0 Å². The van der Waals surface area contributed by atoms with Crippen molar-refractivity contribution in [3.63, 3.8) is 0 Å².